The third-order valence-corrected chi connectivity index (χ3v) is 7.75. The number of phosphoric acid groups is 1. The fraction of sp³-hybridized carbons (Fsp3) is 0.909. The van der Waals surface area contributed by atoms with E-state index in [4.69, 9.17) is 14.5 Å². The Kier molecular flexibility index (Phi) is 23.5. The van der Waals surface area contributed by atoms with Crippen LogP contribution in [-0.4, -0.2) is 34.7 Å². The van der Waals surface area contributed by atoms with E-state index in [0.29, 0.717) is 25.7 Å². The number of unbranched alkanes of at least 4 members (excludes halogenated alkanes) is 19. The van der Waals surface area contributed by atoms with Crippen molar-refractivity contribution in [3.63, 3.8) is 0 Å². The topological polar surface area (TPSA) is 155 Å². The van der Waals surface area contributed by atoms with Gasteiger partial charge in [0.25, 0.3) is 7.82 Å². The molecule has 7 N–H and O–H groups in total. The van der Waals surface area contributed by atoms with Crippen molar-refractivity contribution in [1.29, 1.82) is 0 Å². The third kappa shape index (κ3) is 32.2. The maximum absolute atomic E-state index is 12.5. The van der Waals surface area contributed by atoms with Gasteiger partial charge in [0.1, 0.15) is 0 Å². The van der Waals surface area contributed by atoms with Gasteiger partial charge in [-0.05, 0) is 19.3 Å². The van der Waals surface area contributed by atoms with E-state index in [1.54, 1.807) is 6.08 Å². The molecule has 42 heavy (non-hydrogen) atoms. The van der Waals surface area contributed by atoms with Gasteiger partial charge in [-0.15, -0.1) is 0 Å². The van der Waals surface area contributed by atoms with E-state index in [9.17, 15) is 19.4 Å². The molecule has 0 radical (unpaired) electrons. The lowest BCUT2D eigenvalue weighted by molar-refractivity contribution is -0.220. The van der Waals surface area contributed by atoms with Crippen molar-refractivity contribution in [2.75, 3.05) is 6.61 Å². The van der Waals surface area contributed by atoms with Crippen molar-refractivity contribution >= 4 is 13.7 Å². The zero-order chi connectivity index (χ0) is 36.5. The number of carbonyl (C=O) groups is 1. The molecule has 9 heteroatoms. The summed E-state index contributed by atoms with van der Waals surface area (Å²) in [6, 6.07) is -1.03. The monoisotopic (exact) mass is 628 g/mol. The molecular formula is C33H69N2O6P. The molecule has 0 rings (SSSR count). The lowest BCUT2D eigenvalue weighted by Crippen LogP contribution is -2.45. The van der Waals surface area contributed by atoms with Gasteiger partial charge in [0.2, 0.25) is 5.91 Å². The van der Waals surface area contributed by atoms with Gasteiger partial charge in [0.05, 0.1) is 18.8 Å². The molecule has 8 nitrogen and oxygen atoms in total. The van der Waals surface area contributed by atoms with Crippen LogP contribution in [0.25, 0.3) is 0 Å². The molecule has 3 atom stereocenters. The second kappa shape index (κ2) is 31.7. The number of aliphatic hydroxyl groups is 1. The minimum absolute atomic E-state index is 0. The van der Waals surface area contributed by atoms with Crippen LogP contribution in [0.2, 0.25) is 0 Å². The zero-order valence-electron chi connectivity index (χ0n) is 33.8. The smallest absolute Gasteiger partial charge is 0.265 e. The number of hydrogen-bond donors (Lipinski definition) is 4. The Labute approximate surface area is 268 Å². The van der Waals surface area contributed by atoms with Crippen LogP contribution in [0.1, 0.15) is 184 Å². The molecule has 0 aromatic rings. The molecule has 1 amide bonds. The minimum atomic E-state index is -5.02. The number of hydrogen-bond acceptors (Lipinski definition) is 5. The molecule has 0 spiro atoms. The lowest BCUT2D eigenvalue weighted by atomic mass is 10.0. The SMILES string of the molecule is [2H]C([2H])([2H])C([2H])([2H])C([2H])([2H])CCCCCCCCCC/C=C/[C@@H](O)[C@H](COP(=O)([O-])O)NC(=O)CCCCCCCCCCCCCC.[NH4+]. The normalized spacial score (nSPS) is 17.9. The summed E-state index contributed by atoms with van der Waals surface area (Å²) in [7, 11) is -5.02. The summed E-state index contributed by atoms with van der Waals surface area (Å²) in [4.78, 5) is 32.6. The summed E-state index contributed by atoms with van der Waals surface area (Å²) >= 11 is 0. The van der Waals surface area contributed by atoms with E-state index in [1.165, 1.54) is 57.4 Å². The number of aliphatic hydroxyl groups excluding tert-OH is 1. The van der Waals surface area contributed by atoms with Crippen molar-refractivity contribution in [3.05, 3.63) is 12.2 Å². The van der Waals surface area contributed by atoms with Gasteiger partial charge in [-0.2, -0.15) is 0 Å². The molecular weight excluding hydrogens is 551 g/mol. The van der Waals surface area contributed by atoms with Crippen molar-refractivity contribution in [1.82, 2.24) is 11.5 Å². The first-order valence-electron chi connectivity index (χ1n) is 19.8. The van der Waals surface area contributed by atoms with Gasteiger partial charge in [0.15, 0.2) is 0 Å². The summed E-state index contributed by atoms with van der Waals surface area (Å²) in [5, 5.41) is 13.2. The predicted molar refractivity (Wildman–Crippen MR) is 176 cm³/mol. The standard InChI is InChI=1S/C33H66NO6P.H3N/c1-3-5-7-9-11-13-15-17-18-20-22-24-26-28-32(35)31(30-40-41(37,38)39)34-33(36)29-27-25-23-21-19-16-14-12-10-8-6-4-2;/h26,28,31-32,35H,3-25,27,29-30H2,1-2H3,(H,34,36)(H2,37,38,39);1H3/b28-26+;/t31-,32+;/m0./s1/i1D3,3D2,5D2;. The molecule has 0 aliphatic heterocycles. The number of allylic oxidation sites excluding steroid dienone is 1. The van der Waals surface area contributed by atoms with E-state index in [0.717, 1.165) is 57.8 Å². The second-order valence-electron chi connectivity index (χ2n) is 11.2. The lowest BCUT2D eigenvalue weighted by Gasteiger charge is -2.25. The predicted octanol–water partition coefficient (Wildman–Crippen LogP) is 9.03. The highest BCUT2D eigenvalue weighted by atomic mass is 31.2. The van der Waals surface area contributed by atoms with Crippen LogP contribution in [0.15, 0.2) is 12.2 Å². The highest BCUT2D eigenvalue weighted by molar-refractivity contribution is 7.44. The fourth-order valence-electron chi connectivity index (χ4n) is 4.77. The molecule has 0 bridgehead atoms. The molecule has 252 valence electrons. The zero-order valence-corrected chi connectivity index (χ0v) is 27.6. The summed E-state index contributed by atoms with van der Waals surface area (Å²) in [6.45, 7) is -1.37. The van der Waals surface area contributed by atoms with E-state index in [1.807, 2.05) is 0 Å². The largest absolute Gasteiger partial charge is 0.756 e. The Morgan fingerprint density at radius 3 is 1.86 bits per heavy atom. The van der Waals surface area contributed by atoms with Gasteiger partial charge in [-0.1, -0.05) is 161 Å². The van der Waals surface area contributed by atoms with Gasteiger partial charge in [-0.3, -0.25) is 9.36 Å². The van der Waals surface area contributed by atoms with E-state index < -0.39 is 46.2 Å². The van der Waals surface area contributed by atoms with Gasteiger partial charge >= 0.3 is 0 Å². The van der Waals surface area contributed by atoms with Crippen LogP contribution in [0.5, 0.6) is 0 Å². The molecule has 0 heterocycles. The van der Waals surface area contributed by atoms with Crippen molar-refractivity contribution in [2.45, 2.75) is 186 Å². The van der Waals surface area contributed by atoms with Crippen molar-refractivity contribution in [3.8, 4) is 0 Å². The average molecular weight is 628 g/mol. The third-order valence-electron chi connectivity index (χ3n) is 7.28. The Morgan fingerprint density at radius 2 is 1.36 bits per heavy atom. The number of rotatable bonds is 31. The van der Waals surface area contributed by atoms with Crippen LogP contribution in [-0.2, 0) is 13.9 Å². The van der Waals surface area contributed by atoms with E-state index in [-0.39, 0.29) is 24.9 Å². The van der Waals surface area contributed by atoms with Crippen LogP contribution >= 0.6 is 7.82 Å². The molecule has 1 unspecified atom stereocenters. The van der Waals surface area contributed by atoms with Crippen molar-refractivity contribution in [2.24, 2.45) is 0 Å². The first kappa shape index (κ1) is 31.2. The van der Waals surface area contributed by atoms with Crippen LogP contribution in [0, 0.1) is 0 Å². The highest BCUT2D eigenvalue weighted by Gasteiger charge is 2.21. The quantitative estimate of drug-likeness (QED) is 0.0341. The van der Waals surface area contributed by atoms with Gasteiger partial charge in [-0.25, -0.2) is 0 Å². The van der Waals surface area contributed by atoms with E-state index in [2.05, 4.69) is 16.8 Å². The Balaban J connectivity index is 0. The molecule has 0 saturated heterocycles. The molecule has 0 fully saturated rings. The minimum Gasteiger partial charge on any atom is -0.756 e. The molecule has 0 aliphatic rings. The van der Waals surface area contributed by atoms with Gasteiger partial charge < -0.3 is 30.9 Å². The van der Waals surface area contributed by atoms with Crippen LogP contribution < -0.4 is 16.4 Å². The van der Waals surface area contributed by atoms with Crippen LogP contribution in [0.3, 0.4) is 0 Å². The first-order chi connectivity index (χ1) is 22.4. The molecule has 0 aromatic carbocycles. The first-order valence-corrected chi connectivity index (χ1v) is 17.8. The van der Waals surface area contributed by atoms with E-state index >= 15 is 0 Å². The Morgan fingerprint density at radius 1 is 0.881 bits per heavy atom. The second-order valence-corrected chi connectivity index (χ2v) is 12.4. The number of quaternary nitrogens is 1. The molecule has 0 saturated carbocycles. The Hall–Kier alpha value is -0.760. The van der Waals surface area contributed by atoms with Crippen molar-refractivity contribution < 1.29 is 38.4 Å². The van der Waals surface area contributed by atoms with Gasteiger partial charge in [0, 0.05) is 16.0 Å². The number of carbonyl (C=O) groups excluding carboxylic acids is 1. The summed E-state index contributed by atoms with van der Waals surface area (Å²) in [6.07, 6.45) is 18.4. The maximum atomic E-state index is 12.5. The number of amides is 1. The fourth-order valence-corrected chi connectivity index (χ4v) is 5.12. The average Bonchev–Trinajstić information content (AvgIpc) is 2.99. The summed E-state index contributed by atoms with van der Waals surface area (Å²) in [5.74, 6) is -0.308. The number of nitrogens with one attached hydrogen (secondary N) is 1. The molecule has 0 aliphatic carbocycles. The number of phosphoric ester groups is 1. The molecule has 0 aromatic heterocycles. The summed E-state index contributed by atoms with van der Waals surface area (Å²) in [5.41, 5.74) is 0. The van der Waals surface area contributed by atoms with Crippen LogP contribution in [0.4, 0.5) is 0 Å². The maximum Gasteiger partial charge on any atom is 0.265 e. The Bertz CT molecular complexity index is 907. The summed E-state index contributed by atoms with van der Waals surface area (Å²) < 4.78 is 68.4. The highest BCUT2D eigenvalue weighted by Crippen LogP contribution is 2.30.